The summed E-state index contributed by atoms with van der Waals surface area (Å²) in [5.74, 6) is 1.19. The fraction of sp³-hybridized carbons (Fsp3) is 0.692. The Morgan fingerprint density at radius 1 is 1.11 bits per heavy atom. The molecule has 0 spiro atoms. The van der Waals surface area contributed by atoms with Gasteiger partial charge >= 0.3 is 0 Å². The number of hydrogen-bond acceptors (Lipinski definition) is 7. The number of likely N-dealkylation sites (tertiary alicyclic amines) is 1. The van der Waals surface area contributed by atoms with Crippen LogP contribution in [0.3, 0.4) is 0 Å². The van der Waals surface area contributed by atoms with Crippen molar-refractivity contribution in [1.29, 1.82) is 0 Å². The van der Waals surface area contributed by atoms with Crippen molar-refractivity contribution in [3.63, 3.8) is 0 Å². The average Bonchev–Trinajstić information content (AvgIpc) is 3.41. The maximum atomic E-state index is 6.32. The molecule has 0 radical (unpaired) electrons. The Bertz CT molecular complexity index is 1150. The van der Waals surface area contributed by atoms with Crippen molar-refractivity contribution in [3.8, 4) is 17.3 Å². The lowest BCUT2D eigenvalue weighted by Gasteiger charge is -2.40. The van der Waals surface area contributed by atoms with Gasteiger partial charge in [-0.05, 0) is 53.5 Å². The quantitative estimate of drug-likeness (QED) is 0.286. The summed E-state index contributed by atoms with van der Waals surface area (Å²) in [4.78, 5) is 16.7. The van der Waals surface area contributed by atoms with E-state index in [-0.39, 0.29) is 17.7 Å². The first-order valence-corrected chi connectivity index (χ1v) is 16.9. The molecule has 198 valence electrons. The summed E-state index contributed by atoms with van der Waals surface area (Å²) in [6.45, 7) is 21.3. The van der Waals surface area contributed by atoms with Crippen LogP contribution in [0.25, 0.3) is 22.6 Å². The van der Waals surface area contributed by atoms with Gasteiger partial charge in [0.15, 0.2) is 11.5 Å². The highest BCUT2D eigenvalue weighted by Gasteiger charge is 2.28. The van der Waals surface area contributed by atoms with E-state index >= 15 is 0 Å². The highest BCUT2D eigenvalue weighted by molar-refractivity contribution is 6.76. The minimum Gasteiger partial charge on any atom is -0.473 e. The Hall–Kier alpha value is -2.30. The van der Waals surface area contributed by atoms with Gasteiger partial charge in [-0.25, -0.2) is 19.6 Å². The van der Waals surface area contributed by atoms with Gasteiger partial charge in [-0.2, -0.15) is 5.10 Å². The van der Waals surface area contributed by atoms with Crippen molar-refractivity contribution >= 4 is 19.2 Å². The van der Waals surface area contributed by atoms with Crippen LogP contribution in [0.4, 0.5) is 0 Å². The molecule has 36 heavy (non-hydrogen) atoms. The normalized spacial score (nSPS) is 16.4. The van der Waals surface area contributed by atoms with Crippen LogP contribution in [-0.4, -0.2) is 73.6 Å². The molecule has 0 aliphatic carbocycles. The smallest absolute Gasteiger partial charge is 0.233 e. The summed E-state index contributed by atoms with van der Waals surface area (Å²) in [5.41, 5.74) is 2.54. The number of piperidine rings is 1. The second kappa shape index (κ2) is 10.6. The molecule has 0 bridgehead atoms. The standard InChI is InChI=1S/C26H43N7O2Si/c1-19(2)33-17-28-24(30-33)21-16-31(18-34-13-14-36(6,7)8)25-23(21)29-22(15-27-25)35-20-9-11-32(12-10-20)26(3,4)5/h15-17,19-20H,9-14,18H2,1-8H3. The van der Waals surface area contributed by atoms with Crippen molar-refractivity contribution in [2.24, 2.45) is 0 Å². The SMILES string of the molecule is CC(C)n1cnc(-c2cn(COCC[Si](C)(C)C)c3ncc(OC4CCN(C(C)(C)C)CC4)nc23)n1. The van der Waals surface area contributed by atoms with Crippen molar-refractivity contribution in [2.75, 3.05) is 19.7 Å². The first-order valence-electron chi connectivity index (χ1n) is 13.2. The highest BCUT2D eigenvalue weighted by Crippen LogP contribution is 2.29. The molecule has 0 saturated carbocycles. The Kier molecular flexibility index (Phi) is 7.87. The lowest BCUT2D eigenvalue weighted by molar-refractivity contribution is 0.0472. The van der Waals surface area contributed by atoms with Gasteiger partial charge < -0.3 is 14.0 Å². The summed E-state index contributed by atoms with van der Waals surface area (Å²) in [6.07, 6.45) is 7.62. The number of nitrogens with zero attached hydrogens (tertiary/aromatic N) is 7. The lowest BCUT2D eigenvalue weighted by Crippen LogP contribution is -2.48. The van der Waals surface area contributed by atoms with Crippen LogP contribution in [-0.2, 0) is 11.5 Å². The van der Waals surface area contributed by atoms with Gasteiger partial charge in [0.25, 0.3) is 0 Å². The van der Waals surface area contributed by atoms with E-state index in [9.17, 15) is 0 Å². The maximum Gasteiger partial charge on any atom is 0.233 e. The second-order valence-electron chi connectivity index (χ2n) is 12.4. The van der Waals surface area contributed by atoms with E-state index in [1.54, 1.807) is 12.5 Å². The molecular weight excluding hydrogens is 470 g/mol. The van der Waals surface area contributed by atoms with E-state index in [0.29, 0.717) is 18.4 Å². The first-order chi connectivity index (χ1) is 16.9. The fourth-order valence-electron chi connectivity index (χ4n) is 4.36. The Labute approximate surface area is 216 Å². The lowest BCUT2D eigenvalue weighted by atomic mass is 9.99. The van der Waals surface area contributed by atoms with E-state index in [1.165, 1.54) is 0 Å². The van der Waals surface area contributed by atoms with Gasteiger partial charge in [0.05, 0.1) is 11.8 Å². The minimum absolute atomic E-state index is 0.143. The van der Waals surface area contributed by atoms with E-state index in [4.69, 9.17) is 24.5 Å². The zero-order valence-electron chi connectivity index (χ0n) is 23.3. The predicted octanol–water partition coefficient (Wildman–Crippen LogP) is 5.22. The molecule has 0 atom stereocenters. The van der Waals surface area contributed by atoms with Gasteiger partial charge in [-0.15, -0.1) is 0 Å². The Morgan fingerprint density at radius 2 is 1.83 bits per heavy atom. The minimum atomic E-state index is -1.15. The van der Waals surface area contributed by atoms with E-state index < -0.39 is 8.07 Å². The Morgan fingerprint density at radius 3 is 2.44 bits per heavy atom. The molecule has 3 aromatic heterocycles. The van der Waals surface area contributed by atoms with Gasteiger partial charge in [-0.3, -0.25) is 4.90 Å². The fourth-order valence-corrected chi connectivity index (χ4v) is 5.11. The zero-order valence-corrected chi connectivity index (χ0v) is 24.3. The van der Waals surface area contributed by atoms with Gasteiger partial charge in [-0.1, -0.05) is 19.6 Å². The molecular formula is C26H43N7O2Si. The molecule has 4 heterocycles. The molecule has 9 nitrogen and oxygen atoms in total. The largest absolute Gasteiger partial charge is 0.473 e. The van der Waals surface area contributed by atoms with Crippen LogP contribution < -0.4 is 4.74 Å². The molecule has 0 aromatic carbocycles. The van der Waals surface area contributed by atoms with Crippen molar-refractivity contribution < 1.29 is 9.47 Å². The van der Waals surface area contributed by atoms with Crippen molar-refractivity contribution in [1.82, 2.24) is 34.2 Å². The van der Waals surface area contributed by atoms with E-state index in [0.717, 1.165) is 55.3 Å². The molecule has 1 aliphatic heterocycles. The summed E-state index contributed by atoms with van der Waals surface area (Å²) in [5, 5.41) is 4.69. The second-order valence-corrected chi connectivity index (χ2v) is 18.0. The molecule has 0 N–H and O–H groups in total. The molecule has 3 aromatic rings. The summed E-state index contributed by atoms with van der Waals surface area (Å²) < 4.78 is 16.2. The van der Waals surface area contributed by atoms with Crippen LogP contribution in [0.1, 0.15) is 53.5 Å². The monoisotopic (exact) mass is 513 g/mol. The molecule has 1 fully saturated rings. The van der Waals surface area contributed by atoms with Crippen LogP contribution >= 0.6 is 0 Å². The van der Waals surface area contributed by atoms with Crippen LogP contribution in [0.2, 0.25) is 25.7 Å². The van der Waals surface area contributed by atoms with Crippen LogP contribution in [0.5, 0.6) is 5.88 Å². The van der Waals surface area contributed by atoms with Crippen LogP contribution in [0, 0.1) is 0 Å². The molecule has 0 amide bonds. The highest BCUT2D eigenvalue weighted by atomic mass is 28.3. The summed E-state index contributed by atoms with van der Waals surface area (Å²) in [7, 11) is -1.15. The third-order valence-corrected chi connectivity index (χ3v) is 8.43. The maximum absolute atomic E-state index is 6.32. The van der Waals surface area contributed by atoms with Crippen molar-refractivity contribution in [2.45, 2.75) is 97.6 Å². The molecule has 4 rings (SSSR count). The third kappa shape index (κ3) is 6.52. The number of aromatic nitrogens is 6. The third-order valence-electron chi connectivity index (χ3n) is 6.73. The van der Waals surface area contributed by atoms with Gasteiger partial charge in [0.2, 0.25) is 5.88 Å². The summed E-state index contributed by atoms with van der Waals surface area (Å²) in [6, 6.07) is 1.35. The Balaban J connectivity index is 1.56. The number of rotatable bonds is 9. The predicted molar refractivity (Wildman–Crippen MR) is 146 cm³/mol. The topological polar surface area (TPSA) is 83.1 Å². The molecule has 1 saturated heterocycles. The van der Waals surface area contributed by atoms with Crippen LogP contribution in [0.15, 0.2) is 18.7 Å². The summed E-state index contributed by atoms with van der Waals surface area (Å²) >= 11 is 0. The van der Waals surface area contributed by atoms with Gasteiger partial charge in [0, 0.05) is 45.5 Å². The number of fused-ring (bicyclic) bond motifs is 1. The number of hydrogen-bond donors (Lipinski definition) is 0. The van der Waals surface area contributed by atoms with E-state index in [2.05, 4.69) is 64.1 Å². The first kappa shape index (κ1) is 26.8. The zero-order chi connectivity index (χ0) is 26.1. The van der Waals surface area contributed by atoms with Gasteiger partial charge in [0.1, 0.15) is 24.7 Å². The number of ether oxygens (including phenoxy) is 2. The molecule has 0 unspecified atom stereocenters. The molecule has 1 aliphatic rings. The van der Waals surface area contributed by atoms with Crippen molar-refractivity contribution in [3.05, 3.63) is 18.7 Å². The molecule has 10 heteroatoms. The van der Waals surface area contributed by atoms with E-state index in [1.807, 2.05) is 15.4 Å². The average molecular weight is 514 g/mol.